The average molecular weight is 364 g/mol. The SMILES string of the molecule is Cc1ccc(N2CCC(NC3CC(=O)N(Cc4ccccc4)C3)CC2)cc1. The first-order valence-corrected chi connectivity index (χ1v) is 10.1. The number of nitrogens with one attached hydrogen (secondary N) is 1. The highest BCUT2D eigenvalue weighted by Gasteiger charge is 2.31. The lowest BCUT2D eigenvalue weighted by molar-refractivity contribution is -0.128. The number of benzene rings is 2. The van der Waals surface area contributed by atoms with E-state index in [0.29, 0.717) is 12.5 Å². The third-order valence-corrected chi connectivity index (χ3v) is 5.80. The summed E-state index contributed by atoms with van der Waals surface area (Å²) in [7, 11) is 0. The van der Waals surface area contributed by atoms with Gasteiger partial charge in [0.05, 0.1) is 0 Å². The molecular weight excluding hydrogens is 334 g/mol. The molecule has 0 radical (unpaired) electrons. The van der Waals surface area contributed by atoms with Crippen LogP contribution < -0.4 is 10.2 Å². The lowest BCUT2D eigenvalue weighted by Gasteiger charge is -2.35. The zero-order chi connectivity index (χ0) is 18.6. The van der Waals surface area contributed by atoms with Crippen molar-refractivity contribution in [3.05, 3.63) is 65.7 Å². The molecule has 0 aliphatic carbocycles. The van der Waals surface area contributed by atoms with Crippen LogP contribution in [0, 0.1) is 6.92 Å². The van der Waals surface area contributed by atoms with Crippen LogP contribution >= 0.6 is 0 Å². The Labute approximate surface area is 162 Å². The van der Waals surface area contributed by atoms with Crippen molar-refractivity contribution < 1.29 is 4.79 Å². The molecule has 4 nitrogen and oxygen atoms in total. The fraction of sp³-hybridized carbons (Fsp3) is 0.435. The number of nitrogens with zero attached hydrogens (tertiary/aromatic N) is 2. The van der Waals surface area contributed by atoms with E-state index in [0.717, 1.165) is 39.0 Å². The van der Waals surface area contributed by atoms with Crippen LogP contribution in [0.4, 0.5) is 5.69 Å². The molecule has 27 heavy (non-hydrogen) atoms. The van der Waals surface area contributed by atoms with Gasteiger partial charge in [-0.25, -0.2) is 0 Å². The average Bonchev–Trinajstić information content (AvgIpc) is 3.03. The minimum Gasteiger partial charge on any atom is -0.371 e. The third-order valence-electron chi connectivity index (χ3n) is 5.80. The third kappa shape index (κ3) is 4.51. The van der Waals surface area contributed by atoms with Gasteiger partial charge in [-0.3, -0.25) is 4.79 Å². The van der Waals surface area contributed by atoms with E-state index in [9.17, 15) is 4.79 Å². The summed E-state index contributed by atoms with van der Waals surface area (Å²) >= 11 is 0. The van der Waals surface area contributed by atoms with Crippen LogP contribution in [0.15, 0.2) is 54.6 Å². The quantitative estimate of drug-likeness (QED) is 0.885. The van der Waals surface area contributed by atoms with Crippen molar-refractivity contribution in [3.63, 3.8) is 0 Å². The summed E-state index contributed by atoms with van der Waals surface area (Å²) in [6, 6.07) is 19.9. The summed E-state index contributed by atoms with van der Waals surface area (Å²) in [5, 5.41) is 3.76. The standard InChI is InChI=1S/C23H29N3O/c1-18-7-9-22(10-8-18)25-13-11-20(12-14-25)24-21-15-23(27)26(17-21)16-19-5-3-2-4-6-19/h2-10,20-21,24H,11-17H2,1H3. The first-order chi connectivity index (χ1) is 13.2. The second kappa shape index (κ2) is 8.13. The summed E-state index contributed by atoms with van der Waals surface area (Å²) < 4.78 is 0. The molecule has 142 valence electrons. The number of hydrogen-bond acceptors (Lipinski definition) is 3. The molecule has 2 fully saturated rings. The zero-order valence-electron chi connectivity index (χ0n) is 16.1. The summed E-state index contributed by atoms with van der Waals surface area (Å²) in [6.07, 6.45) is 2.90. The summed E-state index contributed by atoms with van der Waals surface area (Å²) in [4.78, 5) is 16.8. The van der Waals surface area contributed by atoms with E-state index in [2.05, 4.69) is 53.5 Å². The van der Waals surface area contributed by atoms with Gasteiger partial charge in [-0.1, -0.05) is 48.0 Å². The van der Waals surface area contributed by atoms with Gasteiger partial charge in [0.2, 0.25) is 5.91 Å². The fourth-order valence-corrected chi connectivity index (χ4v) is 4.23. The summed E-state index contributed by atoms with van der Waals surface area (Å²) in [5.74, 6) is 0.272. The Hall–Kier alpha value is -2.33. The van der Waals surface area contributed by atoms with E-state index in [4.69, 9.17) is 0 Å². The van der Waals surface area contributed by atoms with Crippen LogP contribution in [0.25, 0.3) is 0 Å². The van der Waals surface area contributed by atoms with Crippen LogP contribution in [0.2, 0.25) is 0 Å². The second-order valence-electron chi connectivity index (χ2n) is 7.92. The Morgan fingerprint density at radius 3 is 2.37 bits per heavy atom. The molecule has 1 atom stereocenters. The predicted molar refractivity (Wildman–Crippen MR) is 110 cm³/mol. The second-order valence-corrected chi connectivity index (χ2v) is 7.92. The number of carbonyl (C=O) groups excluding carboxylic acids is 1. The molecule has 1 amide bonds. The molecule has 2 aromatic rings. The van der Waals surface area contributed by atoms with Gasteiger partial charge in [-0.15, -0.1) is 0 Å². The molecule has 4 heteroatoms. The van der Waals surface area contributed by atoms with Gasteiger partial charge in [-0.05, 0) is 37.5 Å². The van der Waals surface area contributed by atoms with Gasteiger partial charge in [-0.2, -0.15) is 0 Å². The maximum Gasteiger partial charge on any atom is 0.224 e. The highest BCUT2D eigenvalue weighted by molar-refractivity contribution is 5.79. The number of likely N-dealkylation sites (tertiary alicyclic amines) is 1. The molecule has 0 spiro atoms. The minimum atomic E-state index is 0.272. The number of aryl methyl sites for hydroxylation is 1. The minimum absolute atomic E-state index is 0.272. The monoisotopic (exact) mass is 363 g/mol. The predicted octanol–water partition coefficient (Wildman–Crippen LogP) is 3.35. The summed E-state index contributed by atoms with van der Waals surface area (Å²) in [5.41, 5.74) is 3.84. The van der Waals surface area contributed by atoms with Gasteiger partial charge in [0.25, 0.3) is 0 Å². The van der Waals surface area contributed by atoms with E-state index in [1.807, 2.05) is 23.1 Å². The number of carbonyl (C=O) groups is 1. The number of rotatable bonds is 5. The Balaban J connectivity index is 1.26. The normalized spacial score (nSPS) is 21.1. The number of anilines is 1. The first kappa shape index (κ1) is 18.1. The molecular formula is C23H29N3O. The van der Waals surface area contributed by atoms with Crippen LogP contribution in [-0.2, 0) is 11.3 Å². The fourth-order valence-electron chi connectivity index (χ4n) is 4.23. The van der Waals surface area contributed by atoms with Crippen molar-refractivity contribution >= 4 is 11.6 Å². The lowest BCUT2D eigenvalue weighted by atomic mass is 10.0. The smallest absolute Gasteiger partial charge is 0.224 e. The maximum atomic E-state index is 12.4. The number of hydrogen-bond donors (Lipinski definition) is 1. The lowest BCUT2D eigenvalue weighted by Crippen LogP contribution is -2.47. The van der Waals surface area contributed by atoms with Crippen LogP contribution in [0.1, 0.15) is 30.4 Å². The Morgan fingerprint density at radius 1 is 0.963 bits per heavy atom. The molecule has 2 heterocycles. The molecule has 0 bridgehead atoms. The summed E-state index contributed by atoms with van der Waals surface area (Å²) in [6.45, 7) is 5.84. The van der Waals surface area contributed by atoms with Gasteiger partial charge in [0, 0.05) is 50.4 Å². The number of amides is 1. The molecule has 0 aromatic heterocycles. The molecule has 2 aliphatic rings. The van der Waals surface area contributed by atoms with Crippen molar-refractivity contribution in [2.75, 3.05) is 24.5 Å². The Kier molecular flexibility index (Phi) is 5.44. The van der Waals surface area contributed by atoms with Crippen molar-refractivity contribution in [2.24, 2.45) is 0 Å². The Bertz CT molecular complexity index is 751. The van der Waals surface area contributed by atoms with Crippen molar-refractivity contribution in [1.29, 1.82) is 0 Å². The molecule has 1 unspecified atom stereocenters. The van der Waals surface area contributed by atoms with Crippen molar-refractivity contribution in [3.8, 4) is 0 Å². The van der Waals surface area contributed by atoms with E-state index < -0.39 is 0 Å². The maximum absolute atomic E-state index is 12.4. The van der Waals surface area contributed by atoms with E-state index in [1.165, 1.54) is 16.8 Å². The van der Waals surface area contributed by atoms with E-state index in [1.54, 1.807) is 0 Å². The van der Waals surface area contributed by atoms with Gasteiger partial charge in [0.15, 0.2) is 0 Å². The Morgan fingerprint density at radius 2 is 1.67 bits per heavy atom. The van der Waals surface area contributed by atoms with Gasteiger partial charge >= 0.3 is 0 Å². The van der Waals surface area contributed by atoms with Crippen LogP contribution in [0.3, 0.4) is 0 Å². The zero-order valence-corrected chi connectivity index (χ0v) is 16.1. The molecule has 4 rings (SSSR count). The van der Waals surface area contributed by atoms with Crippen molar-refractivity contribution in [2.45, 2.75) is 44.8 Å². The van der Waals surface area contributed by atoms with E-state index in [-0.39, 0.29) is 11.9 Å². The van der Waals surface area contributed by atoms with Crippen molar-refractivity contribution in [1.82, 2.24) is 10.2 Å². The molecule has 0 saturated carbocycles. The van der Waals surface area contributed by atoms with Gasteiger partial charge in [0.1, 0.15) is 0 Å². The molecule has 1 N–H and O–H groups in total. The van der Waals surface area contributed by atoms with E-state index >= 15 is 0 Å². The first-order valence-electron chi connectivity index (χ1n) is 10.1. The topological polar surface area (TPSA) is 35.6 Å². The van der Waals surface area contributed by atoms with Crippen LogP contribution in [-0.4, -0.2) is 42.5 Å². The van der Waals surface area contributed by atoms with Gasteiger partial charge < -0.3 is 15.1 Å². The largest absolute Gasteiger partial charge is 0.371 e. The number of piperidine rings is 1. The van der Waals surface area contributed by atoms with Crippen LogP contribution in [0.5, 0.6) is 0 Å². The highest BCUT2D eigenvalue weighted by atomic mass is 16.2. The molecule has 2 saturated heterocycles. The highest BCUT2D eigenvalue weighted by Crippen LogP contribution is 2.22. The molecule has 2 aliphatic heterocycles. The molecule has 2 aromatic carbocycles.